The number of nitrogens with zero attached hydrogens (tertiary/aromatic N) is 1. The van der Waals surface area contributed by atoms with Crippen LogP contribution < -0.4 is 0 Å². The molecule has 1 heterocycles. The summed E-state index contributed by atoms with van der Waals surface area (Å²) in [6.45, 7) is 6.95. The number of hydrogen-bond acceptors (Lipinski definition) is 3. The number of hydrogen-bond donors (Lipinski definition) is 1. The highest BCUT2D eigenvalue weighted by Gasteiger charge is 2.13. The average Bonchev–Trinajstić information content (AvgIpc) is 2.30. The molecule has 4 heteroatoms. The van der Waals surface area contributed by atoms with Crippen molar-refractivity contribution in [2.24, 2.45) is 5.92 Å². The van der Waals surface area contributed by atoms with Crippen molar-refractivity contribution < 1.29 is 14.6 Å². The molecule has 1 atom stereocenters. The van der Waals surface area contributed by atoms with Crippen LogP contribution in [-0.2, 0) is 9.53 Å². The van der Waals surface area contributed by atoms with Gasteiger partial charge in [0.2, 0.25) is 0 Å². The molecule has 16 heavy (non-hydrogen) atoms. The maximum atomic E-state index is 10.5. The predicted octanol–water partition coefficient (Wildman–Crippen LogP) is 1.60. The maximum Gasteiger partial charge on any atom is 0.303 e. The molecule has 0 spiro atoms. The van der Waals surface area contributed by atoms with E-state index in [1.807, 2.05) is 0 Å². The van der Waals surface area contributed by atoms with Crippen LogP contribution in [0.5, 0.6) is 0 Å². The van der Waals surface area contributed by atoms with Gasteiger partial charge in [0.25, 0.3) is 0 Å². The summed E-state index contributed by atoms with van der Waals surface area (Å²) in [7, 11) is 0. The van der Waals surface area contributed by atoms with Crippen molar-refractivity contribution in [3.63, 3.8) is 0 Å². The highest BCUT2D eigenvalue weighted by molar-refractivity contribution is 5.66. The zero-order chi connectivity index (χ0) is 11.8. The first-order chi connectivity index (χ1) is 7.72. The summed E-state index contributed by atoms with van der Waals surface area (Å²) in [5.74, 6) is -0.122. The van der Waals surface area contributed by atoms with Crippen LogP contribution in [-0.4, -0.2) is 48.8 Å². The number of carbonyl (C=O) groups is 1. The van der Waals surface area contributed by atoms with Gasteiger partial charge in [-0.25, -0.2) is 0 Å². The van der Waals surface area contributed by atoms with Crippen LogP contribution in [0.25, 0.3) is 0 Å². The summed E-state index contributed by atoms with van der Waals surface area (Å²) in [6.07, 6.45) is 3.32. The van der Waals surface area contributed by atoms with Crippen molar-refractivity contribution in [3.8, 4) is 0 Å². The fourth-order valence-corrected chi connectivity index (χ4v) is 2.07. The molecule has 0 aromatic heterocycles. The lowest BCUT2D eigenvalue weighted by Crippen LogP contribution is -2.37. The van der Waals surface area contributed by atoms with Gasteiger partial charge in [0, 0.05) is 19.5 Å². The van der Waals surface area contributed by atoms with Gasteiger partial charge in [-0.1, -0.05) is 13.3 Å². The SMILES string of the molecule is CCC(CCC(=O)O)CCN1CCOCC1. The van der Waals surface area contributed by atoms with Crippen molar-refractivity contribution in [2.75, 3.05) is 32.8 Å². The Morgan fingerprint density at radius 2 is 2.06 bits per heavy atom. The number of ether oxygens (including phenoxy) is 1. The standard InChI is InChI=1S/C12H23NO3/c1-2-11(3-4-12(14)15)5-6-13-7-9-16-10-8-13/h11H,2-10H2,1H3,(H,14,15). The van der Waals surface area contributed by atoms with E-state index in [0.717, 1.165) is 52.1 Å². The van der Waals surface area contributed by atoms with E-state index in [1.165, 1.54) is 0 Å². The van der Waals surface area contributed by atoms with Crippen LogP contribution in [0.3, 0.4) is 0 Å². The summed E-state index contributed by atoms with van der Waals surface area (Å²) < 4.78 is 5.29. The van der Waals surface area contributed by atoms with E-state index in [0.29, 0.717) is 12.3 Å². The highest BCUT2D eigenvalue weighted by Crippen LogP contribution is 2.16. The third kappa shape index (κ3) is 5.47. The molecule has 1 rings (SSSR count). The van der Waals surface area contributed by atoms with Gasteiger partial charge in [0.15, 0.2) is 0 Å². The molecule has 0 aromatic rings. The third-order valence-electron chi connectivity index (χ3n) is 3.30. The topological polar surface area (TPSA) is 49.8 Å². The van der Waals surface area contributed by atoms with Crippen molar-refractivity contribution in [1.82, 2.24) is 4.90 Å². The first-order valence-electron chi connectivity index (χ1n) is 6.24. The summed E-state index contributed by atoms with van der Waals surface area (Å²) in [5, 5.41) is 8.65. The third-order valence-corrected chi connectivity index (χ3v) is 3.30. The molecule has 1 N–H and O–H groups in total. The van der Waals surface area contributed by atoms with Gasteiger partial charge >= 0.3 is 5.97 Å². The molecule has 0 aromatic carbocycles. The Morgan fingerprint density at radius 1 is 1.38 bits per heavy atom. The Balaban J connectivity index is 2.14. The first-order valence-corrected chi connectivity index (χ1v) is 6.24. The normalized spacial score (nSPS) is 19.6. The van der Waals surface area contributed by atoms with Crippen molar-refractivity contribution in [1.29, 1.82) is 0 Å². The zero-order valence-electron chi connectivity index (χ0n) is 10.2. The molecule has 0 aliphatic carbocycles. The van der Waals surface area contributed by atoms with Gasteiger partial charge in [0.1, 0.15) is 0 Å². The van der Waals surface area contributed by atoms with Gasteiger partial charge in [-0.2, -0.15) is 0 Å². The first kappa shape index (κ1) is 13.5. The number of aliphatic carboxylic acids is 1. The average molecular weight is 229 g/mol. The summed E-state index contributed by atoms with van der Waals surface area (Å²) >= 11 is 0. The van der Waals surface area contributed by atoms with Crippen LogP contribution in [0, 0.1) is 5.92 Å². The van der Waals surface area contributed by atoms with Gasteiger partial charge in [-0.05, 0) is 25.3 Å². The second-order valence-corrected chi connectivity index (χ2v) is 4.45. The molecule has 0 bridgehead atoms. The number of carboxylic acid groups (broad SMARTS) is 1. The van der Waals surface area contributed by atoms with Crippen LogP contribution in [0.1, 0.15) is 32.6 Å². The smallest absolute Gasteiger partial charge is 0.303 e. The molecule has 0 saturated carbocycles. The minimum Gasteiger partial charge on any atom is -0.481 e. The summed E-state index contributed by atoms with van der Waals surface area (Å²) in [4.78, 5) is 12.9. The Kier molecular flexibility index (Phi) is 6.42. The lowest BCUT2D eigenvalue weighted by molar-refractivity contribution is -0.137. The lowest BCUT2D eigenvalue weighted by atomic mass is 9.96. The molecule has 1 aliphatic heterocycles. The Hall–Kier alpha value is -0.610. The highest BCUT2D eigenvalue weighted by atomic mass is 16.5. The summed E-state index contributed by atoms with van der Waals surface area (Å²) in [5.41, 5.74) is 0. The molecular formula is C12H23NO3. The maximum absolute atomic E-state index is 10.5. The molecule has 0 amide bonds. The van der Waals surface area contributed by atoms with Gasteiger partial charge in [-0.3, -0.25) is 9.69 Å². The van der Waals surface area contributed by atoms with Gasteiger partial charge < -0.3 is 9.84 Å². The van der Waals surface area contributed by atoms with Crippen molar-refractivity contribution in [2.45, 2.75) is 32.6 Å². The lowest BCUT2D eigenvalue weighted by Gasteiger charge is -2.28. The zero-order valence-corrected chi connectivity index (χ0v) is 10.2. The van der Waals surface area contributed by atoms with Crippen LogP contribution in [0.4, 0.5) is 0 Å². The number of morpholine rings is 1. The van der Waals surface area contributed by atoms with E-state index in [2.05, 4.69) is 11.8 Å². The molecule has 4 nitrogen and oxygen atoms in total. The summed E-state index contributed by atoms with van der Waals surface area (Å²) in [6, 6.07) is 0. The van der Waals surface area contributed by atoms with Crippen molar-refractivity contribution >= 4 is 5.97 Å². The minimum absolute atomic E-state index is 0.307. The van der Waals surface area contributed by atoms with E-state index >= 15 is 0 Å². The molecule has 1 unspecified atom stereocenters. The van der Waals surface area contributed by atoms with Crippen LogP contribution >= 0.6 is 0 Å². The molecule has 94 valence electrons. The Bertz CT molecular complexity index is 202. The molecule has 1 aliphatic rings. The second-order valence-electron chi connectivity index (χ2n) is 4.45. The quantitative estimate of drug-likeness (QED) is 0.720. The number of rotatable bonds is 7. The Labute approximate surface area is 97.6 Å². The van der Waals surface area contributed by atoms with Gasteiger partial charge in [-0.15, -0.1) is 0 Å². The van der Waals surface area contributed by atoms with E-state index < -0.39 is 5.97 Å². The minimum atomic E-state index is -0.676. The molecule has 0 radical (unpaired) electrons. The fourth-order valence-electron chi connectivity index (χ4n) is 2.07. The van der Waals surface area contributed by atoms with Crippen LogP contribution in [0.15, 0.2) is 0 Å². The van der Waals surface area contributed by atoms with E-state index in [4.69, 9.17) is 9.84 Å². The molecule has 1 saturated heterocycles. The monoisotopic (exact) mass is 229 g/mol. The van der Waals surface area contributed by atoms with E-state index in [1.54, 1.807) is 0 Å². The van der Waals surface area contributed by atoms with E-state index in [-0.39, 0.29) is 0 Å². The Morgan fingerprint density at radius 3 is 2.62 bits per heavy atom. The van der Waals surface area contributed by atoms with Crippen molar-refractivity contribution in [3.05, 3.63) is 0 Å². The molecule has 1 fully saturated rings. The second kappa shape index (κ2) is 7.63. The fraction of sp³-hybridized carbons (Fsp3) is 0.917. The van der Waals surface area contributed by atoms with E-state index in [9.17, 15) is 4.79 Å². The largest absolute Gasteiger partial charge is 0.481 e. The van der Waals surface area contributed by atoms with Crippen LogP contribution in [0.2, 0.25) is 0 Å². The number of carboxylic acids is 1. The molecular weight excluding hydrogens is 206 g/mol. The predicted molar refractivity (Wildman–Crippen MR) is 62.5 cm³/mol. The van der Waals surface area contributed by atoms with Gasteiger partial charge in [0.05, 0.1) is 13.2 Å².